The van der Waals surface area contributed by atoms with Crippen LogP contribution in [0.15, 0.2) is 0 Å². The number of carbonyl (C=O) groups is 2. The Kier molecular flexibility index (Phi) is 4.95. The van der Waals surface area contributed by atoms with Gasteiger partial charge >= 0.3 is 16.4 Å². The van der Waals surface area contributed by atoms with Crippen LogP contribution in [0.25, 0.3) is 0 Å². The Hall–Kier alpha value is -1.43. The van der Waals surface area contributed by atoms with Crippen molar-refractivity contribution in [3.8, 4) is 0 Å². The predicted molar refractivity (Wildman–Crippen MR) is 82.0 cm³/mol. The number of fused-ring (bicyclic) bond motifs is 2. The van der Waals surface area contributed by atoms with E-state index in [1.807, 2.05) is 0 Å². The smallest absolute Gasteiger partial charge is 0.352 e. The number of hydroxylamine groups is 2. The van der Waals surface area contributed by atoms with Gasteiger partial charge in [-0.15, -0.1) is 4.28 Å². The topological polar surface area (TPSA) is 128 Å². The van der Waals surface area contributed by atoms with Gasteiger partial charge in [-0.3, -0.25) is 9.35 Å². The van der Waals surface area contributed by atoms with E-state index in [9.17, 15) is 18.0 Å². The standard InChI is InChI=1S/C13H22N4O6S/c18-12(15-9-2-1-6-14-7-5-9)11-4-3-10-8-16(11)13(19)17(10)23-24(20,21)22/h9-11,14H,1-8H2,(H,15,18)(H,20,21,22)/t9-,10?,11?/m1/s1. The molecule has 0 spiro atoms. The van der Waals surface area contributed by atoms with Gasteiger partial charge in [0.25, 0.3) is 0 Å². The molecule has 3 aliphatic rings. The van der Waals surface area contributed by atoms with Crippen molar-refractivity contribution in [1.82, 2.24) is 20.6 Å². The lowest BCUT2D eigenvalue weighted by Gasteiger charge is -2.30. The number of piperidine rings is 1. The Bertz CT molecular complexity index is 604. The molecule has 3 saturated heterocycles. The van der Waals surface area contributed by atoms with Gasteiger partial charge in [-0.05, 0) is 45.2 Å². The molecule has 3 aliphatic heterocycles. The maximum Gasteiger partial charge on any atom is 0.418 e. The lowest BCUT2D eigenvalue weighted by molar-refractivity contribution is -0.126. The maximum absolute atomic E-state index is 12.6. The molecule has 3 atom stereocenters. The maximum atomic E-state index is 12.6. The first kappa shape index (κ1) is 17.4. The minimum atomic E-state index is -4.77. The van der Waals surface area contributed by atoms with Gasteiger partial charge in [0.15, 0.2) is 0 Å². The number of hydrogen-bond donors (Lipinski definition) is 3. The van der Waals surface area contributed by atoms with Crippen molar-refractivity contribution in [2.24, 2.45) is 0 Å². The highest BCUT2D eigenvalue weighted by Gasteiger charge is 2.49. The summed E-state index contributed by atoms with van der Waals surface area (Å²) < 4.78 is 34.9. The molecule has 0 aromatic rings. The quantitative estimate of drug-likeness (QED) is 0.561. The van der Waals surface area contributed by atoms with Crippen LogP contribution >= 0.6 is 0 Å². The molecule has 11 heteroatoms. The predicted octanol–water partition coefficient (Wildman–Crippen LogP) is -0.752. The normalized spacial score (nSPS) is 31.0. The van der Waals surface area contributed by atoms with Crippen molar-refractivity contribution in [3.05, 3.63) is 0 Å². The first-order valence-corrected chi connectivity index (χ1v) is 9.49. The minimum absolute atomic E-state index is 0.0769. The van der Waals surface area contributed by atoms with E-state index in [1.165, 1.54) is 4.90 Å². The zero-order chi connectivity index (χ0) is 17.3. The molecule has 3 fully saturated rings. The van der Waals surface area contributed by atoms with Gasteiger partial charge in [-0.2, -0.15) is 13.5 Å². The summed E-state index contributed by atoms with van der Waals surface area (Å²) >= 11 is 0. The Balaban J connectivity index is 1.63. The van der Waals surface area contributed by atoms with Crippen molar-refractivity contribution in [3.63, 3.8) is 0 Å². The molecule has 3 N–H and O–H groups in total. The minimum Gasteiger partial charge on any atom is -0.352 e. The van der Waals surface area contributed by atoms with E-state index in [4.69, 9.17) is 4.55 Å². The number of nitrogens with one attached hydrogen (secondary N) is 2. The summed E-state index contributed by atoms with van der Waals surface area (Å²) in [5.41, 5.74) is 0. The monoisotopic (exact) mass is 362 g/mol. The summed E-state index contributed by atoms with van der Waals surface area (Å²) in [6.07, 6.45) is 3.57. The molecule has 0 aliphatic carbocycles. The van der Waals surface area contributed by atoms with Crippen molar-refractivity contribution in [1.29, 1.82) is 0 Å². The van der Waals surface area contributed by atoms with Crippen molar-refractivity contribution < 1.29 is 26.8 Å². The van der Waals surface area contributed by atoms with Crippen molar-refractivity contribution >= 4 is 22.3 Å². The third kappa shape index (κ3) is 3.79. The highest BCUT2D eigenvalue weighted by molar-refractivity contribution is 7.80. The second-order valence-corrected chi connectivity index (χ2v) is 7.40. The molecule has 3 amide bonds. The number of rotatable bonds is 4. The van der Waals surface area contributed by atoms with Gasteiger partial charge in [0.2, 0.25) is 5.91 Å². The largest absolute Gasteiger partial charge is 0.418 e. The number of hydrogen-bond acceptors (Lipinski definition) is 6. The third-order valence-corrected chi connectivity index (χ3v) is 5.07. The van der Waals surface area contributed by atoms with E-state index in [0.29, 0.717) is 17.9 Å². The fourth-order valence-electron chi connectivity index (χ4n) is 3.56. The molecule has 2 unspecified atom stereocenters. The third-order valence-electron chi connectivity index (χ3n) is 4.72. The van der Waals surface area contributed by atoms with E-state index in [-0.39, 0.29) is 18.5 Å². The van der Waals surface area contributed by atoms with Crippen LogP contribution in [-0.2, 0) is 19.5 Å². The van der Waals surface area contributed by atoms with E-state index in [0.717, 1.165) is 32.4 Å². The average molecular weight is 362 g/mol. The number of amides is 3. The second-order valence-electron chi connectivity index (χ2n) is 6.40. The van der Waals surface area contributed by atoms with Crippen LogP contribution in [-0.4, -0.2) is 72.6 Å². The van der Waals surface area contributed by atoms with Crippen LogP contribution in [0, 0.1) is 0 Å². The van der Waals surface area contributed by atoms with E-state index >= 15 is 0 Å². The SMILES string of the molecule is O=C(N[C@@H]1CCCNCC1)C1CCC2CN1C(=O)N2OS(=O)(=O)O. The molecular weight excluding hydrogens is 340 g/mol. The molecule has 0 saturated carbocycles. The number of urea groups is 1. The molecule has 10 nitrogen and oxygen atoms in total. The van der Waals surface area contributed by atoms with Crippen molar-refractivity contribution in [2.45, 2.75) is 50.2 Å². The lowest BCUT2D eigenvalue weighted by atomic mass is 9.99. The van der Waals surface area contributed by atoms with Crippen LogP contribution in [0.2, 0.25) is 0 Å². The highest BCUT2D eigenvalue weighted by Crippen LogP contribution is 2.30. The van der Waals surface area contributed by atoms with Gasteiger partial charge in [0.1, 0.15) is 6.04 Å². The Morgan fingerprint density at radius 3 is 2.79 bits per heavy atom. The molecule has 2 bridgehead atoms. The molecule has 136 valence electrons. The fourth-order valence-corrected chi connectivity index (χ4v) is 3.95. The molecule has 24 heavy (non-hydrogen) atoms. The molecule has 3 heterocycles. The van der Waals surface area contributed by atoms with Gasteiger partial charge in [0.05, 0.1) is 6.04 Å². The lowest BCUT2D eigenvalue weighted by Crippen LogP contribution is -2.52. The summed E-state index contributed by atoms with van der Waals surface area (Å²) in [5, 5.41) is 6.92. The van der Waals surface area contributed by atoms with Crippen LogP contribution in [0.3, 0.4) is 0 Å². The Labute approximate surface area is 140 Å². The van der Waals surface area contributed by atoms with Gasteiger partial charge in [0, 0.05) is 12.6 Å². The van der Waals surface area contributed by atoms with Crippen LogP contribution in [0.5, 0.6) is 0 Å². The first-order chi connectivity index (χ1) is 11.3. The summed E-state index contributed by atoms with van der Waals surface area (Å²) in [6, 6.07) is -1.75. The van der Waals surface area contributed by atoms with Crippen LogP contribution < -0.4 is 10.6 Å². The second kappa shape index (κ2) is 6.82. The average Bonchev–Trinajstić information content (AvgIpc) is 2.72. The molecule has 3 rings (SSSR count). The Morgan fingerprint density at radius 1 is 1.25 bits per heavy atom. The zero-order valence-corrected chi connectivity index (χ0v) is 14.0. The van der Waals surface area contributed by atoms with Gasteiger partial charge in [-0.1, -0.05) is 0 Å². The van der Waals surface area contributed by atoms with Crippen LogP contribution in [0.1, 0.15) is 32.1 Å². The molecule has 0 radical (unpaired) electrons. The van der Waals surface area contributed by atoms with Gasteiger partial charge in [-0.25, -0.2) is 4.79 Å². The van der Waals surface area contributed by atoms with Gasteiger partial charge < -0.3 is 15.5 Å². The van der Waals surface area contributed by atoms with Crippen LogP contribution in [0.4, 0.5) is 4.79 Å². The summed E-state index contributed by atoms with van der Waals surface area (Å²) in [6.45, 7) is 1.99. The molecule has 0 aromatic carbocycles. The summed E-state index contributed by atoms with van der Waals surface area (Å²) in [5.74, 6) is -0.220. The first-order valence-electron chi connectivity index (χ1n) is 8.13. The highest BCUT2D eigenvalue weighted by atomic mass is 32.3. The summed E-state index contributed by atoms with van der Waals surface area (Å²) in [7, 11) is -4.77. The van der Waals surface area contributed by atoms with E-state index < -0.39 is 28.5 Å². The zero-order valence-electron chi connectivity index (χ0n) is 13.2. The number of carbonyl (C=O) groups excluding carboxylic acids is 2. The molecular formula is C13H22N4O6S. The van der Waals surface area contributed by atoms with Crippen molar-refractivity contribution in [2.75, 3.05) is 19.6 Å². The van der Waals surface area contributed by atoms with E-state index in [2.05, 4.69) is 14.9 Å². The van der Waals surface area contributed by atoms with E-state index in [1.54, 1.807) is 0 Å². The number of nitrogens with zero attached hydrogens (tertiary/aromatic N) is 2. The molecule has 0 aromatic heterocycles. The Morgan fingerprint density at radius 2 is 2.04 bits per heavy atom. The summed E-state index contributed by atoms with van der Waals surface area (Å²) in [4.78, 5) is 26.1. The fraction of sp³-hybridized carbons (Fsp3) is 0.846.